The fraction of sp³-hybridized carbons (Fsp3) is 0.400. The largest absolute Gasteiger partial charge is 0.491 e. The zero-order valence-electron chi connectivity index (χ0n) is 11.6. The van der Waals surface area contributed by atoms with Gasteiger partial charge in [0.05, 0.1) is 6.61 Å². The van der Waals surface area contributed by atoms with Gasteiger partial charge in [0, 0.05) is 5.39 Å². The molecule has 0 aliphatic carbocycles. The molecule has 0 aliphatic rings. The van der Waals surface area contributed by atoms with Crippen LogP contribution in [0.15, 0.2) is 24.3 Å². The van der Waals surface area contributed by atoms with Gasteiger partial charge in [-0.2, -0.15) is 0 Å². The topological polar surface area (TPSA) is 60.2 Å². The molecule has 0 saturated carbocycles. The number of para-hydroxylation sites is 1. The van der Waals surface area contributed by atoms with Crippen LogP contribution < -0.4 is 16.0 Å². The van der Waals surface area contributed by atoms with Gasteiger partial charge >= 0.3 is 0 Å². The second-order valence-corrected chi connectivity index (χ2v) is 4.57. The third-order valence-electron chi connectivity index (χ3n) is 3.01. The first-order chi connectivity index (χ1) is 9.30. The summed E-state index contributed by atoms with van der Waals surface area (Å²) in [6.45, 7) is 4.93. The van der Waals surface area contributed by atoms with E-state index < -0.39 is 0 Å². The zero-order valence-corrected chi connectivity index (χ0v) is 11.6. The van der Waals surface area contributed by atoms with E-state index in [2.05, 4.69) is 36.4 Å². The minimum atomic E-state index is 0.697. The van der Waals surface area contributed by atoms with Crippen LogP contribution in [0, 0.1) is 0 Å². The summed E-state index contributed by atoms with van der Waals surface area (Å²) in [5.41, 5.74) is 4.70. The number of aryl methyl sites for hydroxylation is 1. The maximum atomic E-state index is 5.74. The third-order valence-corrected chi connectivity index (χ3v) is 3.01. The molecule has 0 saturated heterocycles. The smallest absolute Gasteiger partial charge is 0.145 e. The van der Waals surface area contributed by atoms with Crippen LogP contribution >= 0.6 is 0 Å². The molecule has 0 fully saturated rings. The van der Waals surface area contributed by atoms with Gasteiger partial charge in [-0.3, -0.25) is 0 Å². The Morgan fingerprint density at radius 2 is 2.11 bits per heavy atom. The van der Waals surface area contributed by atoms with Crippen LogP contribution in [-0.2, 0) is 6.42 Å². The van der Waals surface area contributed by atoms with Crippen molar-refractivity contribution in [1.82, 2.24) is 4.98 Å². The molecular weight excluding hydrogens is 238 g/mol. The molecule has 1 aromatic heterocycles. The molecule has 1 heterocycles. The number of anilines is 1. The Kier molecular flexibility index (Phi) is 4.58. The Morgan fingerprint density at radius 3 is 2.79 bits per heavy atom. The highest BCUT2D eigenvalue weighted by molar-refractivity contribution is 5.87. The lowest BCUT2D eigenvalue weighted by atomic mass is 10.1. The number of nitrogens with zero attached hydrogens (tertiary/aromatic N) is 1. The predicted molar refractivity (Wildman–Crippen MR) is 79.3 cm³/mol. The van der Waals surface area contributed by atoms with E-state index in [1.54, 1.807) is 0 Å². The summed E-state index contributed by atoms with van der Waals surface area (Å²) >= 11 is 0. The Bertz CT molecular complexity index is 554. The summed E-state index contributed by atoms with van der Waals surface area (Å²) in [6, 6.07) is 8.14. The molecule has 102 valence electrons. The molecule has 2 aromatic rings. The standard InChI is InChI=1S/C15H21N3O/c1-3-6-12-10-11-7-5-8-13(19-9-4-2)14(11)17-15(12)18-16/h5,7-8,10H,3-4,6,9,16H2,1-2H3,(H,17,18). The molecule has 4 nitrogen and oxygen atoms in total. The van der Waals surface area contributed by atoms with E-state index >= 15 is 0 Å². The van der Waals surface area contributed by atoms with Crippen molar-refractivity contribution in [3.05, 3.63) is 29.8 Å². The van der Waals surface area contributed by atoms with Crippen LogP contribution in [0.5, 0.6) is 5.75 Å². The summed E-state index contributed by atoms with van der Waals surface area (Å²) in [6.07, 6.45) is 3.00. The fourth-order valence-corrected chi connectivity index (χ4v) is 2.13. The van der Waals surface area contributed by atoms with Crippen molar-refractivity contribution in [1.29, 1.82) is 0 Å². The van der Waals surface area contributed by atoms with Crippen LogP contribution in [0.25, 0.3) is 10.9 Å². The van der Waals surface area contributed by atoms with E-state index in [1.807, 2.05) is 12.1 Å². The average molecular weight is 259 g/mol. The molecule has 0 atom stereocenters. The molecule has 1 aromatic carbocycles. The lowest BCUT2D eigenvalue weighted by molar-refractivity contribution is 0.320. The highest BCUT2D eigenvalue weighted by atomic mass is 16.5. The Labute approximate surface area is 113 Å². The number of aromatic nitrogens is 1. The van der Waals surface area contributed by atoms with Gasteiger partial charge in [-0.05, 0) is 30.5 Å². The number of fused-ring (bicyclic) bond motifs is 1. The molecule has 3 N–H and O–H groups in total. The lowest BCUT2D eigenvalue weighted by Crippen LogP contribution is -2.11. The molecule has 4 heteroatoms. The van der Waals surface area contributed by atoms with Crippen molar-refractivity contribution in [2.24, 2.45) is 5.84 Å². The number of ether oxygens (including phenoxy) is 1. The first kappa shape index (κ1) is 13.6. The lowest BCUT2D eigenvalue weighted by Gasteiger charge is -2.12. The highest BCUT2D eigenvalue weighted by Crippen LogP contribution is 2.28. The SMILES string of the molecule is CCCOc1cccc2cc(CCC)c(NN)nc12. The first-order valence-corrected chi connectivity index (χ1v) is 6.82. The number of nitrogen functional groups attached to an aromatic ring is 1. The molecule has 0 spiro atoms. The van der Waals surface area contributed by atoms with Gasteiger partial charge in [0.25, 0.3) is 0 Å². The van der Waals surface area contributed by atoms with Crippen molar-refractivity contribution in [3.63, 3.8) is 0 Å². The molecule has 2 rings (SSSR count). The Morgan fingerprint density at radius 1 is 1.26 bits per heavy atom. The Balaban J connectivity index is 2.50. The minimum Gasteiger partial charge on any atom is -0.491 e. The van der Waals surface area contributed by atoms with Crippen molar-refractivity contribution in [2.75, 3.05) is 12.0 Å². The second kappa shape index (κ2) is 6.38. The van der Waals surface area contributed by atoms with Gasteiger partial charge in [0.15, 0.2) is 0 Å². The third kappa shape index (κ3) is 2.96. The van der Waals surface area contributed by atoms with Crippen LogP contribution in [0.2, 0.25) is 0 Å². The molecule has 0 radical (unpaired) electrons. The van der Waals surface area contributed by atoms with Crippen molar-refractivity contribution >= 4 is 16.7 Å². The first-order valence-electron chi connectivity index (χ1n) is 6.82. The number of benzene rings is 1. The number of hydrogen-bond acceptors (Lipinski definition) is 4. The van der Waals surface area contributed by atoms with Crippen LogP contribution in [-0.4, -0.2) is 11.6 Å². The monoisotopic (exact) mass is 259 g/mol. The van der Waals surface area contributed by atoms with Gasteiger partial charge in [0.2, 0.25) is 0 Å². The van der Waals surface area contributed by atoms with Crippen LogP contribution in [0.1, 0.15) is 32.3 Å². The van der Waals surface area contributed by atoms with E-state index in [4.69, 9.17) is 10.6 Å². The van der Waals surface area contributed by atoms with Gasteiger partial charge in [-0.15, -0.1) is 0 Å². The van der Waals surface area contributed by atoms with Gasteiger partial charge < -0.3 is 10.2 Å². The molecule has 0 amide bonds. The summed E-state index contributed by atoms with van der Waals surface area (Å²) in [5.74, 6) is 7.13. The van der Waals surface area contributed by atoms with Gasteiger partial charge in [-0.25, -0.2) is 10.8 Å². The van der Waals surface area contributed by atoms with E-state index in [0.29, 0.717) is 6.61 Å². The molecule has 19 heavy (non-hydrogen) atoms. The number of pyridine rings is 1. The number of rotatable bonds is 6. The number of hydrogen-bond donors (Lipinski definition) is 2. The van der Waals surface area contributed by atoms with Gasteiger partial charge in [0.1, 0.15) is 17.1 Å². The fourth-order valence-electron chi connectivity index (χ4n) is 2.13. The minimum absolute atomic E-state index is 0.697. The molecular formula is C15H21N3O. The number of nitrogens with two attached hydrogens (primary N) is 1. The van der Waals surface area contributed by atoms with E-state index in [-0.39, 0.29) is 0 Å². The maximum absolute atomic E-state index is 5.74. The summed E-state index contributed by atoms with van der Waals surface area (Å²) in [5, 5.41) is 1.09. The Hall–Kier alpha value is -1.81. The van der Waals surface area contributed by atoms with E-state index in [9.17, 15) is 0 Å². The summed E-state index contributed by atoms with van der Waals surface area (Å²) in [7, 11) is 0. The number of hydrazine groups is 1. The second-order valence-electron chi connectivity index (χ2n) is 4.57. The van der Waals surface area contributed by atoms with Crippen LogP contribution in [0.4, 0.5) is 5.82 Å². The van der Waals surface area contributed by atoms with Crippen LogP contribution in [0.3, 0.4) is 0 Å². The molecule has 0 aliphatic heterocycles. The summed E-state index contributed by atoms with van der Waals surface area (Å²) in [4.78, 5) is 4.60. The van der Waals surface area contributed by atoms with E-state index in [0.717, 1.165) is 47.3 Å². The number of nitrogens with one attached hydrogen (secondary N) is 1. The normalized spacial score (nSPS) is 10.7. The molecule has 0 bridgehead atoms. The molecule has 0 unspecified atom stereocenters. The van der Waals surface area contributed by atoms with Crippen molar-refractivity contribution in [2.45, 2.75) is 33.1 Å². The predicted octanol–water partition coefficient (Wildman–Crippen LogP) is 3.26. The average Bonchev–Trinajstić information content (AvgIpc) is 2.44. The van der Waals surface area contributed by atoms with Crippen molar-refractivity contribution in [3.8, 4) is 5.75 Å². The van der Waals surface area contributed by atoms with Gasteiger partial charge in [-0.1, -0.05) is 32.4 Å². The maximum Gasteiger partial charge on any atom is 0.145 e. The quantitative estimate of drug-likeness (QED) is 0.617. The highest BCUT2D eigenvalue weighted by Gasteiger charge is 2.09. The summed E-state index contributed by atoms with van der Waals surface area (Å²) < 4.78 is 5.74. The van der Waals surface area contributed by atoms with E-state index in [1.165, 1.54) is 0 Å². The van der Waals surface area contributed by atoms with Crippen molar-refractivity contribution < 1.29 is 4.74 Å². The zero-order chi connectivity index (χ0) is 13.7.